The highest BCUT2D eigenvalue weighted by Gasteiger charge is 2.72. The van der Waals surface area contributed by atoms with Crippen molar-refractivity contribution in [1.82, 2.24) is 15.1 Å². The van der Waals surface area contributed by atoms with Crippen LogP contribution >= 0.6 is 15.9 Å². The zero-order valence-corrected chi connectivity index (χ0v) is 24.2. The summed E-state index contributed by atoms with van der Waals surface area (Å²) in [4.78, 5) is 45.9. The standard InChI is InChI=1S/C30H39BrN4O4/c1-19-7-5-6-16-34(19)17-18-35-26(28(37)33-21-8-3-2-4-9-21)30-15-14-23(39-30)24(25(30)29(35)38)27(36)32-22-12-10-20(31)11-13-22/h10-15,19,21,23-26H,2-9,16-18H2,1H3,(H,32,36)(H,33,37). The van der Waals surface area contributed by atoms with Crippen LogP contribution in [0, 0.1) is 11.8 Å². The Labute approximate surface area is 239 Å². The van der Waals surface area contributed by atoms with Crippen LogP contribution in [0.1, 0.15) is 58.3 Å². The number of amides is 3. The van der Waals surface area contributed by atoms with Gasteiger partial charge >= 0.3 is 0 Å². The molecule has 8 nitrogen and oxygen atoms in total. The molecule has 1 saturated carbocycles. The number of ether oxygens (including phenoxy) is 1. The summed E-state index contributed by atoms with van der Waals surface area (Å²) in [6.45, 7) is 4.41. The fourth-order valence-corrected chi connectivity index (χ4v) is 7.78. The van der Waals surface area contributed by atoms with E-state index in [0.29, 0.717) is 24.8 Å². The molecule has 9 heteroatoms. The van der Waals surface area contributed by atoms with E-state index in [-0.39, 0.29) is 23.8 Å². The lowest BCUT2D eigenvalue weighted by atomic mass is 9.74. The Kier molecular flexibility index (Phi) is 7.59. The van der Waals surface area contributed by atoms with Crippen LogP contribution in [-0.2, 0) is 19.1 Å². The first kappa shape index (κ1) is 27.0. The molecule has 2 bridgehead atoms. The Balaban J connectivity index is 1.27. The Hall–Kier alpha value is -2.23. The van der Waals surface area contributed by atoms with E-state index in [9.17, 15) is 14.4 Å². The lowest BCUT2D eigenvalue weighted by Gasteiger charge is -2.37. The molecule has 5 aliphatic rings. The van der Waals surface area contributed by atoms with Gasteiger partial charge in [0.05, 0.1) is 17.9 Å². The second-order valence-electron chi connectivity index (χ2n) is 12.0. The van der Waals surface area contributed by atoms with Crippen LogP contribution < -0.4 is 10.6 Å². The Morgan fingerprint density at radius 2 is 1.77 bits per heavy atom. The third-order valence-corrected chi connectivity index (χ3v) is 10.1. The molecule has 6 atom stereocenters. The molecule has 4 fully saturated rings. The van der Waals surface area contributed by atoms with Crippen LogP contribution in [-0.4, -0.2) is 77.0 Å². The van der Waals surface area contributed by atoms with Crippen LogP contribution in [0.2, 0.25) is 0 Å². The van der Waals surface area contributed by atoms with Crippen molar-refractivity contribution in [3.63, 3.8) is 0 Å². The third kappa shape index (κ3) is 4.95. The number of hydrogen-bond acceptors (Lipinski definition) is 5. The summed E-state index contributed by atoms with van der Waals surface area (Å²) < 4.78 is 7.41. The summed E-state index contributed by atoms with van der Waals surface area (Å²) >= 11 is 3.42. The molecule has 0 aromatic heterocycles. The zero-order chi connectivity index (χ0) is 27.1. The molecule has 2 N–H and O–H groups in total. The minimum Gasteiger partial charge on any atom is -0.359 e. The number of nitrogens with one attached hydrogen (secondary N) is 2. The molecule has 1 aromatic rings. The maximum Gasteiger partial charge on any atom is 0.246 e. The average Bonchev–Trinajstić information content (AvgIpc) is 3.57. The van der Waals surface area contributed by atoms with E-state index in [1.807, 2.05) is 36.4 Å². The van der Waals surface area contributed by atoms with E-state index < -0.39 is 29.6 Å². The number of benzene rings is 1. The monoisotopic (exact) mass is 598 g/mol. The first-order chi connectivity index (χ1) is 18.9. The highest BCUT2D eigenvalue weighted by Crippen LogP contribution is 2.55. The molecule has 3 saturated heterocycles. The van der Waals surface area contributed by atoms with Gasteiger partial charge in [-0.2, -0.15) is 0 Å². The summed E-state index contributed by atoms with van der Waals surface area (Å²) in [5.74, 6) is -1.95. The maximum atomic E-state index is 14.2. The van der Waals surface area contributed by atoms with Gasteiger partial charge in [0, 0.05) is 35.3 Å². The van der Waals surface area contributed by atoms with Gasteiger partial charge < -0.3 is 20.3 Å². The number of nitrogens with zero attached hydrogens (tertiary/aromatic N) is 2. The van der Waals surface area contributed by atoms with E-state index >= 15 is 0 Å². The molecule has 4 heterocycles. The lowest BCUT2D eigenvalue weighted by molar-refractivity contribution is -0.141. The molecule has 4 aliphatic heterocycles. The Morgan fingerprint density at radius 1 is 1.03 bits per heavy atom. The van der Waals surface area contributed by atoms with E-state index in [1.165, 1.54) is 12.8 Å². The normalized spacial score (nSPS) is 34.4. The summed E-state index contributed by atoms with van der Waals surface area (Å²) in [7, 11) is 0. The Morgan fingerprint density at radius 3 is 2.51 bits per heavy atom. The smallest absolute Gasteiger partial charge is 0.246 e. The van der Waals surface area contributed by atoms with Gasteiger partial charge in [0.15, 0.2) is 0 Å². The molecule has 6 rings (SSSR count). The largest absolute Gasteiger partial charge is 0.359 e. The number of halogens is 1. The average molecular weight is 600 g/mol. The quantitative estimate of drug-likeness (QED) is 0.465. The molecule has 1 aliphatic carbocycles. The molecule has 1 aromatic carbocycles. The minimum absolute atomic E-state index is 0.125. The number of likely N-dealkylation sites (tertiary alicyclic amines) is 2. The topological polar surface area (TPSA) is 91.0 Å². The third-order valence-electron chi connectivity index (χ3n) is 9.56. The molecule has 0 radical (unpaired) electrons. The summed E-state index contributed by atoms with van der Waals surface area (Å²) in [5.41, 5.74) is -0.451. The minimum atomic E-state index is -1.12. The van der Waals surface area contributed by atoms with E-state index in [4.69, 9.17) is 4.74 Å². The number of piperidine rings is 1. The van der Waals surface area contributed by atoms with E-state index in [0.717, 1.165) is 49.5 Å². The number of rotatable bonds is 7. The van der Waals surface area contributed by atoms with E-state index in [1.54, 1.807) is 4.90 Å². The first-order valence-corrected chi connectivity index (χ1v) is 15.5. The molecule has 39 heavy (non-hydrogen) atoms. The lowest BCUT2D eigenvalue weighted by Crippen LogP contribution is -2.57. The van der Waals surface area contributed by atoms with Crippen LogP contribution in [0.3, 0.4) is 0 Å². The number of fused-ring (bicyclic) bond motifs is 1. The number of anilines is 1. The Bertz CT molecular complexity index is 1140. The van der Waals surface area contributed by atoms with Crippen LogP contribution in [0.4, 0.5) is 5.69 Å². The van der Waals surface area contributed by atoms with Crippen LogP contribution in [0.5, 0.6) is 0 Å². The molecule has 6 unspecified atom stereocenters. The summed E-state index contributed by atoms with van der Waals surface area (Å²) in [6.07, 6.45) is 12.1. The number of hydrogen-bond donors (Lipinski definition) is 2. The van der Waals surface area contributed by atoms with Gasteiger partial charge in [-0.05, 0) is 63.4 Å². The second kappa shape index (κ2) is 11.0. The van der Waals surface area contributed by atoms with Gasteiger partial charge in [0.2, 0.25) is 17.7 Å². The van der Waals surface area contributed by atoms with Gasteiger partial charge in [-0.15, -0.1) is 0 Å². The van der Waals surface area contributed by atoms with Crippen molar-refractivity contribution in [1.29, 1.82) is 0 Å². The second-order valence-corrected chi connectivity index (χ2v) is 12.9. The molecule has 1 spiro atoms. The zero-order valence-electron chi connectivity index (χ0n) is 22.6. The number of carbonyl (C=O) groups is 3. The van der Waals surface area contributed by atoms with Gasteiger partial charge in [0.1, 0.15) is 11.6 Å². The SMILES string of the molecule is CC1CCCCN1CCN1C(=O)C2C(C(=O)Nc3ccc(Br)cc3)C3C=CC2(O3)C1C(=O)NC1CCCCC1. The maximum absolute atomic E-state index is 14.2. The summed E-state index contributed by atoms with van der Waals surface area (Å²) in [5, 5.41) is 6.26. The molecule has 3 amide bonds. The van der Waals surface area contributed by atoms with Crippen molar-refractivity contribution >= 4 is 39.3 Å². The van der Waals surface area contributed by atoms with Crippen molar-refractivity contribution < 1.29 is 19.1 Å². The van der Waals surface area contributed by atoms with Gasteiger partial charge in [-0.3, -0.25) is 19.3 Å². The highest BCUT2D eigenvalue weighted by atomic mass is 79.9. The van der Waals surface area contributed by atoms with Gasteiger partial charge in [-0.1, -0.05) is 53.8 Å². The van der Waals surface area contributed by atoms with Crippen molar-refractivity contribution in [2.75, 3.05) is 25.0 Å². The predicted octanol–water partition coefficient (Wildman–Crippen LogP) is 3.86. The fraction of sp³-hybridized carbons (Fsp3) is 0.633. The van der Waals surface area contributed by atoms with Gasteiger partial charge in [-0.25, -0.2) is 0 Å². The van der Waals surface area contributed by atoms with Crippen LogP contribution in [0.15, 0.2) is 40.9 Å². The molecular formula is C30H39BrN4O4. The van der Waals surface area contributed by atoms with Gasteiger partial charge in [0.25, 0.3) is 0 Å². The van der Waals surface area contributed by atoms with Crippen molar-refractivity contribution in [3.05, 3.63) is 40.9 Å². The molecular weight excluding hydrogens is 560 g/mol. The van der Waals surface area contributed by atoms with E-state index in [2.05, 4.69) is 38.4 Å². The first-order valence-electron chi connectivity index (χ1n) is 14.7. The van der Waals surface area contributed by atoms with Crippen molar-refractivity contribution in [2.45, 2.75) is 88.1 Å². The van der Waals surface area contributed by atoms with Crippen LogP contribution in [0.25, 0.3) is 0 Å². The van der Waals surface area contributed by atoms with Crippen molar-refractivity contribution in [2.24, 2.45) is 11.8 Å². The summed E-state index contributed by atoms with van der Waals surface area (Å²) in [6, 6.07) is 7.19. The predicted molar refractivity (Wildman–Crippen MR) is 152 cm³/mol. The fourth-order valence-electron chi connectivity index (χ4n) is 7.52. The molecule has 210 valence electrons. The van der Waals surface area contributed by atoms with Crippen molar-refractivity contribution in [3.8, 4) is 0 Å². The number of carbonyl (C=O) groups excluding carboxylic acids is 3. The highest BCUT2D eigenvalue weighted by molar-refractivity contribution is 9.10.